The zero-order valence-corrected chi connectivity index (χ0v) is 16.3. The van der Waals surface area contributed by atoms with Gasteiger partial charge in [0.25, 0.3) is 0 Å². The lowest BCUT2D eigenvalue weighted by Crippen LogP contribution is -2.25. The number of aryl methyl sites for hydroxylation is 1. The van der Waals surface area contributed by atoms with E-state index >= 15 is 0 Å². The van der Waals surface area contributed by atoms with E-state index in [2.05, 4.69) is 51.1 Å². The van der Waals surface area contributed by atoms with E-state index in [-0.39, 0.29) is 17.4 Å². The topological polar surface area (TPSA) is 47.3 Å². The fraction of sp³-hybridized carbons (Fsp3) is 0.571. The summed E-state index contributed by atoms with van der Waals surface area (Å²) in [6.45, 7) is 13.7. The van der Waals surface area contributed by atoms with Gasteiger partial charge in [0.15, 0.2) is 0 Å². The van der Waals surface area contributed by atoms with Gasteiger partial charge in [-0.1, -0.05) is 27.7 Å². The van der Waals surface area contributed by atoms with Crippen molar-refractivity contribution in [2.45, 2.75) is 78.4 Å². The fourth-order valence-corrected chi connectivity index (χ4v) is 4.05. The highest BCUT2D eigenvalue weighted by atomic mass is 16.5. The molecule has 0 unspecified atom stereocenters. The van der Waals surface area contributed by atoms with Gasteiger partial charge in [0.1, 0.15) is 17.1 Å². The van der Waals surface area contributed by atoms with E-state index in [9.17, 15) is 5.11 Å². The fourth-order valence-electron chi connectivity index (χ4n) is 4.05. The Balaban J connectivity index is 2.15. The van der Waals surface area contributed by atoms with Gasteiger partial charge in [-0.25, -0.2) is 4.98 Å². The summed E-state index contributed by atoms with van der Waals surface area (Å²) in [5.74, 6) is 2.00. The number of phenolic OH excluding ortho intramolecular Hbond substituents is 1. The van der Waals surface area contributed by atoms with Crippen molar-refractivity contribution >= 4 is 0 Å². The molecule has 25 heavy (non-hydrogen) atoms. The molecule has 2 aromatic rings. The minimum Gasteiger partial charge on any atom is -0.507 e. The lowest BCUT2D eigenvalue weighted by atomic mass is 9.83. The van der Waals surface area contributed by atoms with Gasteiger partial charge in [0.2, 0.25) is 0 Å². The molecule has 1 aliphatic rings. The third kappa shape index (κ3) is 3.26. The Hall–Kier alpha value is -1.97. The van der Waals surface area contributed by atoms with Crippen LogP contribution in [0.15, 0.2) is 18.7 Å². The third-order valence-corrected chi connectivity index (χ3v) is 5.02. The van der Waals surface area contributed by atoms with E-state index in [4.69, 9.17) is 4.74 Å². The number of phenols is 1. The van der Waals surface area contributed by atoms with Crippen LogP contribution < -0.4 is 4.74 Å². The van der Waals surface area contributed by atoms with Crippen LogP contribution in [0.4, 0.5) is 0 Å². The van der Waals surface area contributed by atoms with Crippen molar-refractivity contribution in [1.82, 2.24) is 9.55 Å². The monoisotopic (exact) mass is 342 g/mol. The first kappa shape index (κ1) is 17.8. The SMILES string of the molecule is CC(C)c1c(O)c(C(C)C)c2c(c1CCn1ccnc1)OC(C)(C)C2. The minimum atomic E-state index is -0.224. The van der Waals surface area contributed by atoms with Crippen LogP contribution in [-0.2, 0) is 19.4 Å². The van der Waals surface area contributed by atoms with Crippen molar-refractivity contribution in [3.63, 3.8) is 0 Å². The maximum atomic E-state index is 11.1. The third-order valence-electron chi connectivity index (χ3n) is 5.02. The van der Waals surface area contributed by atoms with Crippen LogP contribution in [0, 0.1) is 0 Å². The molecule has 1 N–H and O–H groups in total. The maximum Gasteiger partial charge on any atom is 0.127 e. The van der Waals surface area contributed by atoms with Crippen molar-refractivity contribution in [3.05, 3.63) is 41.0 Å². The normalized spacial score (nSPS) is 15.7. The zero-order chi connectivity index (χ0) is 18.4. The lowest BCUT2D eigenvalue weighted by Gasteiger charge is -2.24. The molecule has 0 saturated heterocycles. The molecule has 0 amide bonds. The molecule has 3 rings (SSSR count). The highest BCUT2D eigenvalue weighted by molar-refractivity contribution is 5.62. The van der Waals surface area contributed by atoms with Crippen LogP contribution in [0.1, 0.15) is 75.6 Å². The van der Waals surface area contributed by atoms with Gasteiger partial charge >= 0.3 is 0 Å². The van der Waals surface area contributed by atoms with Crippen LogP contribution in [-0.4, -0.2) is 20.3 Å². The van der Waals surface area contributed by atoms with Gasteiger partial charge in [-0.3, -0.25) is 0 Å². The first-order chi connectivity index (χ1) is 11.7. The second-order valence-electron chi connectivity index (χ2n) is 8.36. The van der Waals surface area contributed by atoms with Crippen LogP contribution in [0.3, 0.4) is 0 Å². The number of rotatable bonds is 5. The Kier molecular flexibility index (Phi) is 4.56. The molecule has 0 aliphatic carbocycles. The summed E-state index contributed by atoms with van der Waals surface area (Å²) in [5, 5.41) is 11.1. The Morgan fingerprint density at radius 1 is 1.20 bits per heavy atom. The Morgan fingerprint density at radius 2 is 1.88 bits per heavy atom. The van der Waals surface area contributed by atoms with E-state index in [1.54, 1.807) is 6.20 Å². The van der Waals surface area contributed by atoms with Crippen molar-refractivity contribution in [3.8, 4) is 11.5 Å². The first-order valence-corrected chi connectivity index (χ1v) is 9.26. The Morgan fingerprint density at radius 3 is 2.44 bits per heavy atom. The summed E-state index contributed by atoms with van der Waals surface area (Å²) in [7, 11) is 0. The molecule has 4 heteroatoms. The van der Waals surface area contributed by atoms with Gasteiger partial charge in [0, 0.05) is 47.6 Å². The second kappa shape index (κ2) is 6.40. The van der Waals surface area contributed by atoms with E-state index in [1.807, 2.05) is 12.5 Å². The largest absolute Gasteiger partial charge is 0.507 e. The van der Waals surface area contributed by atoms with Gasteiger partial charge in [-0.15, -0.1) is 0 Å². The first-order valence-electron chi connectivity index (χ1n) is 9.26. The molecule has 0 atom stereocenters. The molecule has 2 heterocycles. The number of nitrogens with zero attached hydrogens (tertiary/aromatic N) is 2. The number of aromatic hydroxyl groups is 1. The van der Waals surface area contributed by atoms with Gasteiger partial charge in [-0.2, -0.15) is 0 Å². The molecule has 1 aliphatic heterocycles. The van der Waals surface area contributed by atoms with Crippen molar-refractivity contribution < 1.29 is 9.84 Å². The van der Waals surface area contributed by atoms with Crippen molar-refractivity contribution in [2.24, 2.45) is 0 Å². The molecular formula is C21H30N2O2. The van der Waals surface area contributed by atoms with Gasteiger partial charge in [0.05, 0.1) is 6.33 Å². The average Bonchev–Trinajstić information content (AvgIpc) is 3.09. The van der Waals surface area contributed by atoms with Crippen molar-refractivity contribution in [1.29, 1.82) is 0 Å². The van der Waals surface area contributed by atoms with E-state index in [0.29, 0.717) is 5.75 Å². The molecular weight excluding hydrogens is 312 g/mol. The van der Waals surface area contributed by atoms with Gasteiger partial charge in [-0.05, 0) is 32.1 Å². The minimum absolute atomic E-state index is 0.224. The smallest absolute Gasteiger partial charge is 0.127 e. The number of fused-ring (bicyclic) bond motifs is 1. The van der Waals surface area contributed by atoms with E-state index in [1.165, 1.54) is 5.56 Å². The highest BCUT2D eigenvalue weighted by Gasteiger charge is 2.37. The Labute approximate surface area is 150 Å². The predicted octanol–water partition coefficient (Wildman–Crippen LogP) is 4.79. The van der Waals surface area contributed by atoms with Crippen LogP contribution in [0.25, 0.3) is 0 Å². The van der Waals surface area contributed by atoms with E-state index in [0.717, 1.165) is 41.8 Å². The molecule has 0 spiro atoms. The predicted molar refractivity (Wildman–Crippen MR) is 101 cm³/mol. The van der Waals surface area contributed by atoms with Crippen LogP contribution >= 0.6 is 0 Å². The molecule has 0 fully saturated rings. The van der Waals surface area contributed by atoms with Crippen LogP contribution in [0.2, 0.25) is 0 Å². The average molecular weight is 342 g/mol. The highest BCUT2D eigenvalue weighted by Crippen LogP contribution is 2.50. The Bertz CT molecular complexity index is 759. The molecule has 0 saturated carbocycles. The van der Waals surface area contributed by atoms with Gasteiger partial charge < -0.3 is 14.4 Å². The number of imidazole rings is 1. The summed E-state index contributed by atoms with van der Waals surface area (Å²) >= 11 is 0. The van der Waals surface area contributed by atoms with Crippen molar-refractivity contribution in [2.75, 3.05) is 0 Å². The molecule has 0 bridgehead atoms. The molecule has 0 radical (unpaired) electrons. The van der Waals surface area contributed by atoms with Crippen LogP contribution in [0.5, 0.6) is 11.5 Å². The summed E-state index contributed by atoms with van der Waals surface area (Å²) in [6, 6.07) is 0. The number of benzene rings is 1. The summed E-state index contributed by atoms with van der Waals surface area (Å²) in [4.78, 5) is 4.12. The summed E-state index contributed by atoms with van der Waals surface area (Å²) < 4.78 is 8.47. The summed E-state index contributed by atoms with van der Waals surface area (Å²) in [5.41, 5.74) is 4.24. The number of hydrogen-bond acceptors (Lipinski definition) is 3. The molecule has 4 nitrogen and oxygen atoms in total. The quantitative estimate of drug-likeness (QED) is 0.849. The zero-order valence-electron chi connectivity index (χ0n) is 16.3. The number of aromatic nitrogens is 2. The number of ether oxygens (including phenoxy) is 1. The molecule has 136 valence electrons. The lowest BCUT2D eigenvalue weighted by molar-refractivity contribution is 0.137. The summed E-state index contributed by atoms with van der Waals surface area (Å²) in [6.07, 6.45) is 7.28. The van der Waals surface area contributed by atoms with E-state index < -0.39 is 0 Å². The maximum absolute atomic E-state index is 11.1. The molecule has 1 aromatic carbocycles. The second-order valence-corrected chi connectivity index (χ2v) is 8.36. The standard InChI is InChI=1S/C21H30N2O2/c1-13(2)17-15(7-9-23-10-8-22-12-23)20-16(11-21(5,6)25-20)18(14(3)4)19(17)24/h8,10,12-14,24H,7,9,11H2,1-6H3. The number of hydrogen-bond donors (Lipinski definition) is 1. The molecule has 1 aromatic heterocycles.